The maximum absolute atomic E-state index is 11.6. The molecular formula is C24H18N4O4S. The number of carboxylic acids is 1. The van der Waals surface area contributed by atoms with E-state index in [1.807, 2.05) is 60.0 Å². The maximum atomic E-state index is 11.6. The van der Waals surface area contributed by atoms with Crippen LogP contribution in [0, 0.1) is 10.1 Å². The van der Waals surface area contributed by atoms with Gasteiger partial charge in [-0.05, 0) is 11.1 Å². The van der Waals surface area contributed by atoms with Crippen molar-refractivity contribution in [3.63, 3.8) is 0 Å². The number of hydrazone groups is 1. The Kier molecular flexibility index (Phi) is 6.51. The van der Waals surface area contributed by atoms with Crippen molar-refractivity contribution in [1.29, 1.82) is 0 Å². The lowest BCUT2D eigenvalue weighted by Gasteiger charge is -2.04. The molecule has 33 heavy (non-hydrogen) atoms. The van der Waals surface area contributed by atoms with Crippen LogP contribution in [-0.2, 0) is 11.2 Å². The Hall–Kier alpha value is -4.37. The van der Waals surface area contributed by atoms with Gasteiger partial charge in [0, 0.05) is 29.0 Å². The summed E-state index contributed by atoms with van der Waals surface area (Å²) in [5.41, 5.74) is 6.39. The molecule has 1 aromatic heterocycles. The highest BCUT2D eigenvalue weighted by atomic mass is 32.1. The van der Waals surface area contributed by atoms with Gasteiger partial charge in [0.25, 0.3) is 5.69 Å². The Balaban J connectivity index is 1.49. The smallest absolute Gasteiger partial charge is 0.352 e. The molecule has 8 nitrogen and oxygen atoms in total. The number of benzene rings is 3. The minimum atomic E-state index is -1.27. The molecule has 9 heteroatoms. The number of carbonyl (C=O) groups is 1. The van der Waals surface area contributed by atoms with Crippen molar-refractivity contribution in [3.8, 4) is 22.4 Å². The second-order valence-electron chi connectivity index (χ2n) is 7.02. The number of nitrogens with zero attached hydrogens (tertiary/aromatic N) is 3. The van der Waals surface area contributed by atoms with Crippen LogP contribution in [0.15, 0.2) is 89.3 Å². The molecule has 0 atom stereocenters. The van der Waals surface area contributed by atoms with Crippen LogP contribution in [0.2, 0.25) is 0 Å². The lowest BCUT2D eigenvalue weighted by atomic mass is 10.0. The zero-order valence-corrected chi connectivity index (χ0v) is 18.0. The molecule has 0 amide bonds. The number of nitro groups is 1. The fourth-order valence-corrected chi connectivity index (χ4v) is 3.88. The Labute approximate surface area is 193 Å². The van der Waals surface area contributed by atoms with Gasteiger partial charge in [0.05, 0.1) is 10.6 Å². The van der Waals surface area contributed by atoms with Crippen molar-refractivity contribution in [1.82, 2.24) is 4.98 Å². The van der Waals surface area contributed by atoms with E-state index in [1.165, 1.54) is 29.5 Å². The molecule has 0 saturated heterocycles. The average Bonchev–Trinajstić information content (AvgIpc) is 3.31. The lowest BCUT2D eigenvalue weighted by Crippen LogP contribution is -2.18. The van der Waals surface area contributed by atoms with Gasteiger partial charge in [0.15, 0.2) is 0 Å². The van der Waals surface area contributed by atoms with Crippen molar-refractivity contribution < 1.29 is 14.8 Å². The molecular weight excluding hydrogens is 440 g/mol. The SMILES string of the molecule is O=C(O)C(Cc1ccccc1[N+](=O)[O-])=NNc1nc(-c2ccc(-c3ccccc3)cc2)cs1. The van der Waals surface area contributed by atoms with E-state index in [0.29, 0.717) is 5.13 Å². The zero-order valence-electron chi connectivity index (χ0n) is 17.2. The van der Waals surface area contributed by atoms with Crippen LogP contribution >= 0.6 is 11.3 Å². The number of hydrogen-bond acceptors (Lipinski definition) is 7. The Bertz CT molecular complexity index is 1320. The summed E-state index contributed by atoms with van der Waals surface area (Å²) in [5.74, 6) is -1.27. The summed E-state index contributed by atoms with van der Waals surface area (Å²) in [6.07, 6.45) is -0.196. The van der Waals surface area contributed by atoms with Crippen LogP contribution in [0.5, 0.6) is 0 Å². The number of carboxylic acid groups (broad SMARTS) is 1. The third-order valence-corrected chi connectivity index (χ3v) is 5.62. The first kappa shape index (κ1) is 21.8. The van der Waals surface area contributed by atoms with Crippen LogP contribution in [0.4, 0.5) is 10.8 Å². The Morgan fingerprint density at radius 2 is 1.61 bits per heavy atom. The van der Waals surface area contributed by atoms with Crippen molar-refractivity contribution >= 4 is 33.8 Å². The molecule has 0 unspecified atom stereocenters. The van der Waals surface area contributed by atoms with E-state index < -0.39 is 10.9 Å². The van der Waals surface area contributed by atoms with E-state index in [9.17, 15) is 20.0 Å². The predicted octanol–water partition coefficient (Wildman–Crippen LogP) is 5.48. The molecule has 0 radical (unpaired) electrons. The molecule has 0 bridgehead atoms. The van der Waals surface area contributed by atoms with Crippen molar-refractivity contribution in [2.24, 2.45) is 5.10 Å². The number of para-hydroxylation sites is 1. The largest absolute Gasteiger partial charge is 0.477 e. The predicted molar refractivity (Wildman–Crippen MR) is 128 cm³/mol. The number of nitro benzene ring substituents is 1. The quantitative estimate of drug-likeness (QED) is 0.205. The number of nitrogens with one attached hydrogen (secondary N) is 1. The number of rotatable bonds is 8. The summed E-state index contributed by atoms with van der Waals surface area (Å²) in [5, 5.41) is 26.9. The molecule has 4 rings (SSSR count). The van der Waals surface area contributed by atoms with Gasteiger partial charge in [0.2, 0.25) is 5.13 Å². The van der Waals surface area contributed by atoms with E-state index in [2.05, 4.69) is 15.5 Å². The van der Waals surface area contributed by atoms with Gasteiger partial charge >= 0.3 is 5.97 Å². The summed E-state index contributed by atoms with van der Waals surface area (Å²) in [4.78, 5) is 26.7. The molecule has 0 saturated carbocycles. The van der Waals surface area contributed by atoms with Crippen molar-refractivity contribution in [2.45, 2.75) is 6.42 Å². The zero-order chi connectivity index (χ0) is 23.2. The summed E-state index contributed by atoms with van der Waals surface area (Å²) >= 11 is 1.28. The monoisotopic (exact) mass is 458 g/mol. The van der Waals surface area contributed by atoms with Gasteiger partial charge in [-0.3, -0.25) is 15.5 Å². The normalized spacial score (nSPS) is 11.2. The first-order chi connectivity index (χ1) is 16.0. The minimum Gasteiger partial charge on any atom is -0.477 e. The van der Waals surface area contributed by atoms with Crippen LogP contribution in [0.1, 0.15) is 5.56 Å². The minimum absolute atomic E-state index is 0.151. The highest BCUT2D eigenvalue weighted by Crippen LogP contribution is 2.28. The second-order valence-corrected chi connectivity index (χ2v) is 7.88. The van der Waals surface area contributed by atoms with Gasteiger partial charge in [-0.2, -0.15) is 5.10 Å². The molecule has 3 aromatic carbocycles. The Morgan fingerprint density at radius 1 is 0.970 bits per heavy atom. The highest BCUT2D eigenvalue weighted by Gasteiger charge is 2.18. The second kappa shape index (κ2) is 9.84. The van der Waals surface area contributed by atoms with Gasteiger partial charge < -0.3 is 5.11 Å². The van der Waals surface area contributed by atoms with Crippen LogP contribution in [-0.4, -0.2) is 26.7 Å². The molecule has 0 spiro atoms. The summed E-state index contributed by atoms with van der Waals surface area (Å²) in [7, 11) is 0. The van der Waals surface area contributed by atoms with Gasteiger partial charge in [-0.1, -0.05) is 72.8 Å². The van der Waals surface area contributed by atoms with Crippen LogP contribution in [0.3, 0.4) is 0 Å². The fourth-order valence-electron chi connectivity index (χ4n) is 3.22. The molecule has 2 N–H and O–H groups in total. The molecule has 0 aliphatic carbocycles. The molecule has 1 heterocycles. The molecule has 0 aliphatic heterocycles. The third-order valence-electron chi connectivity index (χ3n) is 4.87. The summed E-state index contributed by atoms with van der Waals surface area (Å²) < 4.78 is 0. The molecule has 0 fully saturated rings. The number of hydrogen-bond donors (Lipinski definition) is 2. The average molecular weight is 458 g/mol. The first-order valence-electron chi connectivity index (χ1n) is 9.91. The van der Waals surface area contributed by atoms with E-state index in [1.54, 1.807) is 6.07 Å². The van der Waals surface area contributed by atoms with Gasteiger partial charge in [-0.15, -0.1) is 11.3 Å². The van der Waals surface area contributed by atoms with Gasteiger partial charge in [-0.25, -0.2) is 9.78 Å². The van der Waals surface area contributed by atoms with Crippen LogP contribution in [0.25, 0.3) is 22.4 Å². The van der Waals surface area contributed by atoms with E-state index in [0.717, 1.165) is 22.4 Å². The van der Waals surface area contributed by atoms with Crippen molar-refractivity contribution in [3.05, 3.63) is 99.9 Å². The fraction of sp³-hybridized carbons (Fsp3) is 0.0417. The highest BCUT2D eigenvalue weighted by molar-refractivity contribution is 7.14. The van der Waals surface area contributed by atoms with E-state index in [-0.39, 0.29) is 23.4 Å². The standard InChI is InChI=1S/C24H18N4O4S/c29-23(30)20(14-19-8-4-5-9-22(19)28(31)32)26-27-24-25-21(15-33-24)18-12-10-17(11-13-18)16-6-2-1-3-7-16/h1-13,15H,14H2,(H,25,27)(H,29,30). The third kappa shape index (κ3) is 5.28. The lowest BCUT2D eigenvalue weighted by molar-refractivity contribution is -0.385. The first-order valence-corrected chi connectivity index (χ1v) is 10.8. The van der Waals surface area contributed by atoms with Crippen LogP contribution < -0.4 is 5.43 Å². The van der Waals surface area contributed by atoms with Crippen molar-refractivity contribution in [2.75, 3.05) is 5.43 Å². The van der Waals surface area contributed by atoms with E-state index >= 15 is 0 Å². The number of aliphatic carboxylic acids is 1. The number of thiazole rings is 1. The number of aromatic nitrogens is 1. The number of anilines is 1. The van der Waals surface area contributed by atoms with Gasteiger partial charge in [0.1, 0.15) is 5.71 Å². The molecule has 4 aromatic rings. The topological polar surface area (TPSA) is 118 Å². The molecule has 0 aliphatic rings. The maximum Gasteiger partial charge on any atom is 0.352 e. The Morgan fingerprint density at radius 3 is 2.30 bits per heavy atom. The van der Waals surface area contributed by atoms with E-state index in [4.69, 9.17) is 0 Å². The molecule has 164 valence electrons. The summed E-state index contributed by atoms with van der Waals surface area (Å²) in [6, 6.07) is 24.0. The summed E-state index contributed by atoms with van der Waals surface area (Å²) in [6.45, 7) is 0.